The van der Waals surface area contributed by atoms with Crippen molar-refractivity contribution in [1.29, 1.82) is 0 Å². The Balaban J connectivity index is 1.29. The minimum Gasteiger partial charge on any atom is -0.353 e. The minimum absolute atomic E-state index is 0.0981. The fourth-order valence-electron chi connectivity index (χ4n) is 3.42. The molecule has 29 heavy (non-hydrogen) atoms. The lowest BCUT2D eigenvalue weighted by molar-refractivity contribution is -0.383. The summed E-state index contributed by atoms with van der Waals surface area (Å²) in [5.41, 5.74) is 0.134. The summed E-state index contributed by atoms with van der Waals surface area (Å²) in [4.78, 5) is 37.0. The Morgan fingerprint density at radius 1 is 1.17 bits per heavy atom. The molecule has 3 aromatic rings. The second-order valence-corrected chi connectivity index (χ2v) is 7.63. The number of para-hydroxylation sites is 2. The second-order valence-electron chi connectivity index (χ2n) is 6.74. The van der Waals surface area contributed by atoms with Gasteiger partial charge in [-0.1, -0.05) is 12.1 Å². The quantitative estimate of drug-likeness (QED) is 0.490. The van der Waals surface area contributed by atoms with E-state index in [4.69, 9.17) is 0 Å². The topological polar surface area (TPSA) is 104 Å². The van der Waals surface area contributed by atoms with E-state index in [-0.39, 0.29) is 23.7 Å². The van der Waals surface area contributed by atoms with Crippen molar-refractivity contribution < 1.29 is 9.72 Å². The number of benzene rings is 1. The maximum absolute atomic E-state index is 12.2. The standard InChI is InChI=1S/C19H20N6O3S/c26-17(22-15-3-1-2-4-16(15)25(27)28)5-7-23-8-10-24(11-9-23)18-14-6-12-29-19(14)21-13-20-18/h1-4,6,12-13H,5,7-11H2,(H,22,26). The zero-order valence-corrected chi connectivity index (χ0v) is 16.5. The molecule has 1 N–H and O–H groups in total. The minimum atomic E-state index is -0.494. The van der Waals surface area contributed by atoms with Crippen LogP contribution in [0.5, 0.6) is 0 Å². The van der Waals surface area contributed by atoms with Crippen molar-refractivity contribution in [1.82, 2.24) is 14.9 Å². The summed E-state index contributed by atoms with van der Waals surface area (Å²) in [7, 11) is 0. The van der Waals surface area contributed by atoms with E-state index in [1.54, 1.807) is 35.9 Å². The van der Waals surface area contributed by atoms with Crippen molar-refractivity contribution in [3.63, 3.8) is 0 Å². The highest BCUT2D eigenvalue weighted by Crippen LogP contribution is 2.27. The lowest BCUT2D eigenvalue weighted by Crippen LogP contribution is -2.47. The van der Waals surface area contributed by atoms with Crippen molar-refractivity contribution >= 4 is 44.7 Å². The maximum atomic E-state index is 12.2. The van der Waals surface area contributed by atoms with Gasteiger partial charge in [0.05, 0.1) is 10.3 Å². The molecule has 0 unspecified atom stereocenters. The molecule has 0 radical (unpaired) electrons. The predicted molar refractivity (Wildman–Crippen MR) is 112 cm³/mol. The highest BCUT2D eigenvalue weighted by atomic mass is 32.1. The van der Waals surface area contributed by atoms with Crippen LogP contribution >= 0.6 is 11.3 Å². The van der Waals surface area contributed by atoms with Gasteiger partial charge >= 0.3 is 0 Å². The van der Waals surface area contributed by atoms with Crippen LogP contribution in [-0.2, 0) is 4.79 Å². The zero-order chi connectivity index (χ0) is 20.2. The van der Waals surface area contributed by atoms with Crippen LogP contribution in [0.1, 0.15) is 6.42 Å². The lowest BCUT2D eigenvalue weighted by atomic mass is 10.2. The number of nitrogens with zero attached hydrogens (tertiary/aromatic N) is 5. The molecule has 3 heterocycles. The molecule has 0 aliphatic carbocycles. The number of rotatable bonds is 6. The van der Waals surface area contributed by atoms with Crippen LogP contribution in [0.15, 0.2) is 42.0 Å². The van der Waals surface area contributed by atoms with Crippen molar-refractivity contribution in [2.24, 2.45) is 0 Å². The summed E-state index contributed by atoms with van der Waals surface area (Å²) < 4.78 is 0. The Morgan fingerprint density at radius 3 is 2.76 bits per heavy atom. The molecule has 150 valence electrons. The van der Waals surface area contributed by atoms with E-state index in [1.807, 2.05) is 5.38 Å². The summed E-state index contributed by atoms with van der Waals surface area (Å²) in [6, 6.07) is 8.22. The molecule has 9 nitrogen and oxygen atoms in total. The number of aromatic nitrogens is 2. The van der Waals surface area contributed by atoms with Gasteiger partial charge in [-0.15, -0.1) is 11.3 Å². The van der Waals surface area contributed by atoms with E-state index in [0.29, 0.717) is 6.54 Å². The summed E-state index contributed by atoms with van der Waals surface area (Å²) in [6.45, 7) is 3.92. The Morgan fingerprint density at radius 2 is 1.97 bits per heavy atom. The highest BCUT2D eigenvalue weighted by molar-refractivity contribution is 7.16. The number of hydrogen-bond acceptors (Lipinski definition) is 8. The van der Waals surface area contributed by atoms with Gasteiger partial charge in [0.2, 0.25) is 5.91 Å². The van der Waals surface area contributed by atoms with Gasteiger partial charge in [-0.2, -0.15) is 0 Å². The van der Waals surface area contributed by atoms with Gasteiger partial charge in [-0.05, 0) is 17.5 Å². The number of piperazine rings is 1. The first-order valence-corrected chi connectivity index (χ1v) is 10.2. The lowest BCUT2D eigenvalue weighted by Gasteiger charge is -2.35. The highest BCUT2D eigenvalue weighted by Gasteiger charge is 2.21. The molecule has 1 aromatic carbocycles. The molecule has 1 aliphatic rings. The van der Waals surface area contributed by atoms with E-state index in [1.165, 1.54) is 6.07 Å². The molecule has 2 aromatic heterocycles. The number of nitro groups is 1. The van der Waals surface area contributed by atoms with Gasteiger partial charge in [-0.3, -0.25) is 19.8 Å². The van der Waals surface area contributed by atoms with Crippen LogP contribution in [0.4, 0.5) is 17.2 Å². The number of thiophene rings is 1. The van der Waals surface area contributed by atoms with Crippen LogP contribution in [0.25, 0.3) is 10.2 Å². The van der Waals surface area contributed by atoms with Crippen LogP contribution in [0, 0.1) is 10.1 Å². The molecule has 4 rings (SSSR count). The fraction of sp³-hybridized carbons (Fsp3) is 0.316. The number of carbonyl (C=O) groups excluding carboxylic acids is 1. The molecular weight excluding hydrogens is 392 g/mol. The van der Waals surface area contributed by atoms with Gasteiger partial charge in [-0.25, -0.2) is 9.97 Å². The number of carbonyl (C=O) groups is 1. The normalized spacial score (nSPS) is 14.8. The third-order valence-corrected chi connectivity index (χ3v) is 5.76. The monoisotopic (exact) mass is 412 g/mol. The zero-order valence-electron chi connectivity index (χ0n) is 15.7. The van der Waals surface area contributed by atoms with Gasteiger partial charge in [0, 0.05) is 45.2 Å². The van der Waals surface area contributed by atoms with Gasteiger partial charge < -0.3 is 10.2 Å². The van der Waals surface area contributed by atoms with Crippen molar-refractivity contribution in [2.75, 3.05) is 42.9 Å². The predicted octanol–water partition coefficient (Wildman–Crippen LogP) is 2.75. The molecule has 0 atom stereocenters. The number of hydrogen-bond donors (Lipinski definition) is 1. The second kappa shape index (κ2) is 8.50. The number of nitro benzene ring substituents is 1. The summed E-state index contributed by atoms with van der Waals surface area (Å²) in [5, 5.41) is 16.8. The van der Waals surface area contributed by atoms with E-state index < -0.39 is 4.92 Å². The van der Waals surface area contributed by atoms with Gasteiger partial charge in [0.25, 0.3) is 5.69 Å². The van der Waals surface area contributed by atoms with Crippen LogP contribution in [-0.4, -0.2) is 58.4 Å². The van der Waals surface area contributed by atoms with Gasteiger partial charge in [0.15, 0.2) is 0 Å². The summed E-state index contributed by atoms with van der Waals surface area (Å²) in [5.74, 6) is 0.738. The number of anilines is 2. The van der Waals surface area contributed by atoms with Crippen molar-refractivity contribution in [3.8, 4) is 0 Å². The molecule has 0 spiro atoms. The number of nitrogens with one attached hydrogen (secondary N) is 1. The third-order valence-electron chi connectivity index (χ3n) is 4.94. The summed E-state index contributed by atoms with van der Waals surface area (Å²) >= 11 is 1.61. The van der Waals surface area contributed by atoms with Crippen molar-refractivity contribution in [3.05, 3.63) is 52.2 Å². The summed E-state index contributed by atoms with van der Waals surface area (Å²) in [6.07, 6.45) is 1.89. The molecule has 1 aliphatic heterocycles. The Kier molecular flexibility index (Phi) is 5.63. The SMILES string of the molecule is O=C(CCN1CCN(c2ncnc3sccc23)CC1)Nc1ccccc1[N+](=O)[O-]. The number of fused-ring (bicyclic) bond motifs is 1. The first-order valence-electron chi connectivity index (χ1n) is 9.30. The molecule has 10 heteroatoms. The Labute approximate surface area is 171 Å². The Bertz CT molecular complexity index is 1030. The molecular formula is C19H20N6O3S. The first-order chi connectivity index (χ1) is 14.1. The van der Waals surface area contributed by atoms with E-state index in [9.17, 15) is 14.9 Å². The molecule has 1 fully saturated rings. The smallest absolute Gasteiger partial charge is 0.292 e. The molecule has 1 amide bonds. The van der Waals surface area contributed by atoms with E-state index >= 15 is 0 Å². The van der Waals surface area contributed by atoms with Crippen LogP contribution in [0.2, 0.25) is 0 Å². The van der Waals surface area contributed by atoms with E-state index in [2.05, 4.69) is 31.2 Å². The van der Waals surface area contributed by atoms with Crippen LogP contribution < -0.4 is 10.2 Å². The Hall–Kier alpha value is -3.11. The molecule has 0 bridgehead atoms. The maximum Gasteiger partial charge on any atom is 0.292 e. The van der Waals surface area contributed by atoms with Gasteiger partial charge in [0.1, 0.15) is 22.7 Å². The first kappa shape index (κ1) is 19.2. The average molecular weight is 412 g/mol. The third kappa shape index (κ3) is 4.33. The average Bonchev–Trinajstić information content (AvgIpc) is 3.22. The van der Waals surface area contributed by atoms with Crippen molar-refractivity contribution in [2.45, 2.75) is 6.42 Å². The number of amides is 1. The fourth-order valence-corrected chi connectivity index (χ4v) is 4.15. The largest absolute Gasteiger partial charge is 0.353 e. The molecule has 1 saturated heterocycles. The van der Waals surface area contributed by atoms with E-state index in [0.717, 1.165) is 42.2 Å². The molecule has 0 saturated carbocycles. The van der Waals surface area contributed by atoms with Crippen LogP contribution in [0.3, 0.4) is 0 Å².